The number of hydrogen-bond donors (Lipinski definition) is 0. The molecule has 0 saturated carbocycles. The number of methoxy groups -OCH3 is 1. The molecule has 1 unspecified atom stereocenters. The predicted molar refractivity (Wildman–Crippen MR) is 106 cm³/mol. The maximum absolute atomic E-state index is 11.3. The largest absolute Gasteiger partial charge is 0.469 e. The molecule has 0 heterocycles. The topological polar surface area (TPSA) is 35.5 Å². The molecule has 0 aromatic carbocycles. The second-order valence-corrected chi connectivity index (χ2v) is 12.4. The van der Waals surface area contributed by atoms with Crippen LogP contribution in [0.1, 0.15) is 90.4 Å². The third-order valence-corrected chi connectivity index (χ3v) is 5.32. The van der Waals surface area contributed by atoms with Gasteiger partial charge in [0.25, 0.3) is 0 Å². The second kappa shape index (κ2) is 14.9. The van der Waals surface area contributed by atoms with Gasteiger partial charge in [-0.3, -0.25) is 4.79 Å². The van der Waals surface area contributed by atoms with E-state index in [0.717, 1.165) is 19.3 Å². The van der Waals surface area contributed by atoms with Crippen LogP contribution < -0.4 is 0 Å². The molecule has 0 fully saturated rings. The molecule has 0 aliphatic heterocycles. The predicted octanol–water partition coefficient (Wildman–Crippen LogP) is 6.47. The van der Waals surface area contributed by atoms with Crippen LogP contribution >= 0.6 is 0 Å². The Morgan fingerprint density at radius 2 is 1.33 bits per heavy atom. The van der Waals surface area contributed by atoms with E-state index in [1.807, 2.05) is 0 Å². The fraction of sp³-hybridized carbons (Fsp3) is 0.950. The molecule has 0 N–H and O–H groups in total. The maximum Gasteiger partial charge on any atom is 0.305 e. The average molecular weight is 359 g/mol. The first kappa shape index (κ1) is 23.6. The van der Waals surface area contributed by atoms with Crippen LogP contribution in [0.4, 0.5) is 0 Å². The van der Waals surface area contributed by atoms with E-state index in [1.165, 1.54) is 64.9 Å². The van der Waals surface area contributed by atoms with E-state index in [0.29, 0.717) is 12.5 Å². The quantitative estimate of drug-likeness (QED) is 0.180. The first-order chi connectivity index (χ1) is 11.4. The maximum atomic E-state index is 11.3. The van der Waals surface area contributed by atoms with Gasteiger partial charge in [-0.15, -0.1) is 0 Å². The molecule has 0 bridgehead atoms. The standard InChI is InChI=1S/C20H42O3Si/c1-6-7-8-9-10-11-12-13-14-16-19(23-24(3,4)5)17-15-18-20(21)22-2/h19H,6-18H2,1-5H3. The molecular formula is C20H42O3Si. The molecular weight excluding hydrogens is 316 g/mol. The summed E-state index contributed by atoms with van der Waals surface area (Å²) < 4.78 is 11.0. The zero-order valence-electron chi connectivity index (χ0n) is 17.0. The first-order valence-corrected chi connectivity index (χ1v) is 13.5. The van der Waals surface area contributed by atoms with Crippen LogP contribution in [0.15, 0.2) is 0 Å². The summed E-state index contributed by atoms with van der Waals surface area (Å²) in [5, 5.41) is 0. The van der Waals surface area contributed by atoms with E-state index >= 15 is 0 Å². The molecule has 0 aromatic heterocycles. The van der Waals surface area contributed by atoms with Gasteiger partial charge < -0.3 is 9.16 Å². The number of carbonyl (C=O) groups is 1. The SMILES string of the molecule is CCCCCCCCCCCC(CCCC(=O)OC)O[Si](C)(C)C. The number of unbranched alkanes of at least 4 members (excludes halogenated alkanes) is 8. The van der Waals surface area contributed by atoms with Crippen LogP contribution in [-0.4, -0.2) is 27.5 Å². The Bertz CT molecular complexity index is 300. The summed E-state index contributed by atoms with van der Waals surface area (Å²) in [4.78, 5) is 11.3. The van der Waals surface area contributed by atoms with Crippen molar-refractivity contribution < 1.29 is 14.0 Å². The van der Waals surface area contributed by atoms with Crippen LogP contribution in [-0.2, 0) is 14.0 Å². The molecule has 0 radical (unpaired) electrons. The molecule has 0 amide bonds. The van der Waals surface area contributed by atoms with Crippen LogP contribution in [0.2, 0.25) is 19.6 Å². The Kier molecular flexibility index (Phi) is 14.7. The van der Waals surface area contributed by atoms with Crippen molar-refractivity contribution in [2.24, 2.45) is 0 Å². The summed E-state index contributed by atoms with van der Waals surface area (Å²) in [7, 11) is -0.0571. The van der Waals surface area contributed by atoms with Crippen molar-refractivity contribution in [2.75, 3.05) is 7.11 Å². The van der Waals surface area contributed by atoms with Crippen LogP contribution in [0.5, 0.6) is 0 Å². The number of esters is 1. The Hall–Kier alpha value is -0.353. The zero-order chi connectivity index (χ0) is 18.3. The summed E-state index contributed by atoms with van der Waals surface area (Å²) in [6.45, 7) is 9.01. The highest BCUT2D eigenvalue weighted by atomic mass is 28.4. The second-order valence-electron chi connectivity index (χ2n) is 7.94. The summed E-state index contributed by atoms with van der Waals surface area (Å²) in [6, 6.07) is 0. The Morgan fingerprint density at radius 1 is 0.833 bits per heavy atom. The lowest BCUT2D eigenvalue weighted by Crippen LogP contribution is -2.32. The van der Waals surface area contributed by atoms with Crippen LogP contribution in [0, 0.1) is 0 Å². The molecule has 0 aliphatic rings. The van der Waals surface area contributed by atoms with E-state index in [2.05, 4.69) is 26.6 Å². The minimum absolute atomic E-state index is 0.107. The highest BCUT2D eigenvalue weighted by Gasteiger charge is 2.21. The van der Waals surface area contributed by atoms with Gasteiger partial charge >= 0.3 is 5.97 Å². The van der Waals surface area contributed by atoms with Crippen molar-refractivity contribution in [2.45, 2.75) is 116 Å². The first-order valence-electron chi connectivity index (χ1n) is 10.1. The number of hydrogen-bond acceptors (Lipinski definition) is 3. The van der Waals surface area contributed by atoms with Crippen molar-refractivity contribution in [1.82, 2.24) is 0 Å². The van der Waals surface area contributed by atoms with Crippen molar-refractivity contribution in [1.29, 1.82) is 0 Å². The van der Waals surface area contributed by atoms with Gasteiger partial charge in [-0.1, -0.05) is 64.7 Å². The lowest BCUT2D eigenvalue weighted by atomic mass is 10.0. The fourth-order valence-corrected chi connectivity index (χ4v) is 4.26. The minimum atomic E-state index is -1.52. The molecule has 0 aliphatic carbocycles. The smallest absolute Gasteiger partial charge is 0.305 e. The third kappa shape index (κ3) is 16.5. The van der Waals surface area contributed by atoms with E-state index in [-0.39, 0.29) is 5.97 Å². The summed E-state index contributed by atoms with van der Waals surface area (Å²) in [5.74, 6) is -0.107. The molecule has 1 atom stereocenters. The van der Waals surface area contributed by atoms with E-state index in [9.17, 15) is 4.79 Å². The number of carbonyl (C=O) groups excluding carboxylic acids is 1. The van der Waals surface area contributed by atoms with Gasteiger partial charge in [0.2, 0.25) is 0 Å². The van der Waals surface area contributed by atoms with Gasteiger partial charge in [-0.25, -0.2) is 0 Å². The van der Waals surface area contributed by atoms with Crippen LogP contribution in [0.25, 0.3) is 0 Å². The van der Waals surface area contributed by atoms with E-state index < -0.39 is 8.32 Å². The summed E-state index contributed by atoms with van der Waals surface area (Å²) >= 11 is 0. The highest BCUT2D eigenvalue weighted by Crippen LogP contribution is 2.19. The molecule has 0 saturated heterocycles. The van der Waals surface area contributed by atoms with Crippen molar-refractivity contribution in [3.63, 3.8) is 0 Å². The van der Waals surface area contributed by atoms with Crippen molar-refractivity contribution in [3.8, 4) is 0 Å². The molecule has 144 valence electrons. The molecule has 0 spiro atoms. The van der Waals surface area contributed by atoms with Gasteiger partial charge in [0.05, 0.1) is 7.11 Å². The molecule has 3 nitrogen and oxygen atoms in total. The Labute approximate surface area is 152 Å². The summed E-state index contributed by atoms with van der Waals surface area (Å²) in [5.41, 5.74) is 0. The Balaban J connectivity index is 3.82. The minimum Gasteiger partial charge on any atom is -0.469 e. The van der Waals surface area contributed by atoms with Gasteiger partial charge in [0.15, 0.2) is 8.32 Å². The molecule has 4 heteroatoms. The summed E-state index contributed by atoms with van der Waals surface area (Å²) in [6.07, 6.45) is 16.1. The number of rotatable bonds is 16. The lowest BCUT2D eigenvalue weighted by molar-refractivity contribution is -0.140. The van der Waals surface area contributed by atoms with Gasteiger partial charge in [-0.2, -0.15) is 0 Å². The van der Waals surface area contributed by atoms with Gasteiger partial charge in [0, 0.05) is 12.5 Å². The van der Waals surface area contributed by atoms with Crippen molar-refractivity contribution >= 4 is 14.3 Å². The fourth-order valence-electron chi connectivity index (χ4n) is 3.02. The average Bonchev–Trinajstić information content (AvgIpc) is 2.51. The normalized spacial score (nSPS) is 13.0. The highest BCUT2D eigenvalue weighted by molar-refractivity contribution is 6.69. The monoisotopic (exact) mass is 358 g/mol. The van der Waals surface area contributed by atoms with Gasteiger partial charge in [0.1, 0.15) is 0 Å². The van der Waals surface area contributed by atoms with Crippen LogP contribution in [0.3, 0.4) is 0 Å². The molecule has 24 heavy (non-hydrogen) atoms. The van der Waals surface area contributed by atoms with E-state index in [1.54, 1.807) is 0 Å². The molecule has 0 aromatic rings. The Morgan fingerprint density at radius 3 is 1.83 bits per heavy atom. The third-order valence-electron chi connectivity index (χ3n) is 4.28. The van der Waals surface area contributed by atoms with Crippen molar-refractivity contribution in [3.05, 3.63) is 0 Å². The molecule has 0 rings (SSSR count). The van der Waals surface area contributed by atoms with Gasteiger partial charge in [-0.05, 0) is 38.9 Å². The number of ether oxygens (including phenoxy) is 1. The van der Waals surface area contributed by atoms with E-state index in [4.69, 9.17) is 9.16 Å². The zero-order valence-corrected chi connectivity index (χ0v) is 18.0. The lowest BCUT2D eigenvalue weighted by Gasteiger charge is -2.26.